The van der Waals surface area contributed by atoms with Crippen molar-refractivity contribution >= 4 is 22.9 Å². The molecule has 7 nitrogen and oxygen atoms in total. The topological polar surface area (TPSA) is 92.0 Å². The third-order valence-electron chi connectivity index (χ3n) is 5.27. The highest BCUT2D eigenvalue weighted by molar-refractivity contribution is 5.84. The lowest BCUT2D eigenvalue weighted by molar-refractivity contribution is -0.192. The summed E-state index contributed by atoms with van der Waals surface area (Å²) in [6.45, 7) is 15.2. The van der Waals surface area contributed by atoms with Crippen LogP contribution in [0.5, 0.6) is 5.75 Å². The van der Waals surface area contributed by atoms with E-state index in [9.17, 15) is 14.4 Å². The monoisotopic (exact) mass is 458 g/mol. The quantitative estimate of drug-likeness (QED) is 0.451. The largest absolute Gasteiger partial charge is 0.483 e. The first-order chi connectivity index (χ1) is 15.1. The van der Waals surface area contributed by atoms with Gasteiger partial charge in [0.1, 0.15) is 16.9 Å². The zero-order valence-corrected chi connectivity index (χ0v) is 20.7. The summed E-state index contributed by atoms with van der Waals surface area (Å²) in [5.41, 5.74) is -1.49. The maximum absolute atomic E-state index is 12.9. The van der Waals surface area contributed by atoms with Crippen molar-refractivity contribution in [3.8, 4) is 5.75 Å². The first-order valence-electron chi connectivity index (χ1n) is 11.2. The van der Waals surface area contributed by atoms with Gasteiger partial charge in [-0.25, -0.2) is 4.79 Å². The van der Waals surface area contributed by atoms with Crippen molar-refractivity contribution in [2.75, 3.05) is 0 Å². The lowest BCUT2D eigenvalue weighted by Gasteiger charge is -2.43. The van der Waals surface area contributed by atoms with Crippen LogP contribution in [0, 0.1) is 10.8 Å². The summed E-state index contributed by atoms with van der Waals surface area (Å²) in [6, 6.07) is 6.48. The summed E-state index contributed by atoms with van der Waals surface area (Å²) in [7, 11) is 0. The second kappa shape index (κ2) is 8.50. The van der Waals surface area contributed by atoms with Gasteiger partial charge in [-0.3, -0.25) is 9.59 Å². The molecule has 180 valence electrons. The van der Waals surface area contributed by atoms with Crippen molar-refractivity contribution < 1.29 is 28.2 Å². The second-order valence-electron chi connectivity index (χ2n) is 11.7. The number of carbonyl (C=O) groups excluding carboxylic acids is 2. The number of hydrogen-bond donors (Lipinski definition) is 0. The summed E-state index contributed by atoms with van der Waals surface area (Å²) < 4.78 is 23.6. The Morgan fingerprint density at radius 2 is 1.45 bits per heavy atom. The molecule has 2 atom stereocenters. The summed E-state index contributed by atoms with van der Waals surface area (Å²) in [4.78, 5) is 37.8. The first kappa shape index (κ1) is 24.8. The van der Waals surface area contributed by atoms with Crippen LogP contribution in [-0.4, -0.2) is 23.6 Å². The Balaban J connectivity index is 2.13. The summed E-state index contributed by atoms with van der Waals surface area (Å²) in [5.74, 6) is -0.451. The van der Waals surface area contributed by atoms with Crippen LogP contribution in [0.25, 0.3) is 11.0 Å². The molecule has 33 heavy (non-hydrogen) atoms. The van der Waals surface area contributed by atoms with Gasteiger partial charge in [0.25, 0.3) is 0 Å². The smallest absolute Gasteiger partial charge is 0.336 e. The molecule has 1 aromatic carbocycles. The second-order valence-corrected chi connectivity index (χ2v) is 11.7. The molecule has 0 unspecified atom stereocenters. The third-order valence-corrected chi connectivity index (χ3v) is 5.27. The molecule has 3 rings (SSSR count). The number of fused-ring (bicyclic) bond motifs is 3. The molecule has 0 aliphatic carbocycles. The molecule has 0 radical (unpaired) electrons. The van der Waals surface area contributed by atoms with Gasteiger partial charge in [-0.15, -0.1) is 0 Å². The molecule has 0 saturated carbocycles. The van der Waals surface area contributed by atoms with E-state index in [1.165, 1.54) is 6.07 Å². The van der Waals surface area contributed by atoms with E-state index in [-0.39, 0.29) is 29.3 Å². The van der Waals surface area contributed by atoms with Gasteiger partial charge in [0.2, 0.25) is 0 Å². The fraction of sp³-hybridized carbons (Fsp3) is 0.577. The summed E-state index contributed by atoms with van der Waals surface area (Å²) in [5, 5.41) is 0.647. The minimum atomic E-state index is -1.00. The zero-order chi connectivity index (χ0) is 24.8. The fourth-order valence-electron chi connectivity index (χ4n) is 3.91. The Kier molecular flexibility index (Phi) is 6.39. The van der Waals surface area contributed by atoms with Crippen LogP contribution in [0.1, 0.15) is 79.9 Å². The van der Waals surface area contributed by atoms with Crippen molar-refractivity contribution in [3.63, 3.8) is 0 Å². The van der Waals surface area contributed by atoms with Gasteiger partial charge in [0.05, 0.1) is 18.4 Å². The number of ether oxygens (including phenoxy) is 3. The molecule has 0 saturated heterocycles. The van der Waals surface area contributed by atoms with Crippen LogP contribution in [-0.2, 0) is 19.1 Å². The van der Waals surface area contributed by atoms with Crippen molar-refractivity contribution in [2.24, 2.45) is 10.8 Å². The van der Waals surface area contributed by atoms with Crippen LogP contribution in [0.3, 0.4) is 0 Å². The maximum atomic E-state index is 12.9. The molecule has 1 aromatic heterocycles. The average Bonchev–Trinajstić information content (AvgIpc) is 2.60. The van der Waals surface area contributed by atoms with Gasteiger partial charge in [0.15, 0.2) is 12.2 Å². The van der Waals surface area contributed by atoms with E-state index in [1.54, 1.807) is 32.0 Å². The van der Waals surface area contributed by atoms with Crippen LogP contribution in [0.4, 0.5) is 0 Å². The van der Waals surface area contributed by atoms with E-state index in [4.69, 9.17) is 18.6 Å². The van der Waals surface area contributed by atoms with E-state index < -0.39 is 35.4 Å². The molecule has 2 heterocycles. The Morgan fingerprint density at radius 1 is 0.909 bits per heavy atom. The molecule has 1 aliphatic heterocycles. The van der Waals surface area contributed by atoms with Gasteiger partial charge < -0.3 is 18.6 Å². The Labute approximate surface area is 194 Å². The van der Waals surface area contributed by atoms with E-state index in [1.807, 2.05) is 41.5 Å². The van der Waals surface area contributed by atoms with Crippen molar-refractivity contribution in [2.45, 2.75) is 86.0 Å². The van der Waals surface area contributed by atoms with Gasteiger partial charge in [-0.2, -0.15) is 0 Å². The minimum absolute atomic E-state index is 0.164. The third kappa shape index (κ3) is 5.95. The fourth-order valence-corrected chi connectivity index (χ4v) is 3.91. The van der Waals surface area contributed by atoms with Gasteiger partial charge in [0, 0.05) is 11.5 Å². The first-order valence-corrected chi connectivity index (χ1v) is 11.2. The van der Waals surface area contributed by atoms with E-state index >= 15 is 0 Å². The van der Waals surface area contributed by atoms with Gasteiger partial charge in [-0.05, 0) is 42.9 Å². The number of hydrogen-bond acceptors (Lipinski definition) is 7. The number of carbonyl (C=O) groups is 2. The van der Waals surface area contributed by atoms with Crippen molar-refractivity contribution in [1.29, 1.82) is 0 Å². The van der Waals surface area contributed by atoms with Crippen LogP contribution >= 0.6 is 0 Å². The van der Waals surface area contributed by atoms with E-state index in [2.05, 4.69) is 0 Å². The molecule has 0 amide bonds. The number of benzene rings is 1. The molecular formula is C26H34O7. The average molecular weight is 459 g/mol. The Hall–Kier alpha value is -2.83. The maximum Gasteiger partial charge on any atom is 0.336 e. The lowest BCUT2D eigenvalue weighted by atomic mass is 9.86. The molecule has 7 heteroatoms. The number of esters is 2. The Morgan fingerprint density at radius 3 is 2.03 bits per heavy atom. The Bertz CT molecular complexity index is 1110. The predicted molar refractivity (Wildman–Crippen MR) is 124 cm³/mol. The van der Waals surface area contributed by atoms with Gasteiger partial charge in [-0.1, -0.05) is 41.5 Å². The van der Waals surface area contributed by atoms with Crippen molar-refractivity contribution in [1.82, 2.24) is 0 Å². The van der Waals surface area contributed by atoms with Crippen LogP contribution in [0.2, 0.25) is 0 Å². The van der Waals surface area contributed by atoms with Gasteiger partial charge >= 0.3 is 17.6 Å². The normalized spacial score (nSPS) is 20.0. The highest BCUT2D eigenvalue weighted by Gasteiger charge is 2.50. The molecule has 0 spiro atoms. The van der Waals surface area contributed by atoms with Crippen molar-refractivity contribution in [3.05, 3.63) is 40.2 Å². The minimum Gasteiger partial charge on any atom is -0.483 e. The molecule has 0 bridgehead atoms. The predicted octanol–water partition coefficient (Wildman–Crippen LogP) is 5.33. The molecule has 0 N–H and O–H groups in total. The standard InChI is InChI=1S/C26H34O7/c1-24(2,3)13-18(28)31-22-20-16(11-9-15-10-12-17(27)30-21(15)20)33-26(7,8)23(22)32-19(29)14-25(4,5)6/h9-12,22-23H,13-14H2,1-8H3/t22-,23-/m0/s1. The van der Waals surface area contributed by atoms with E-state index in [0.717, 1.165) is 0 Å². The molecule has 2 aromatic rings. The van der Waals surface area contributed by atoms with Crippen LogP contribution < -0.4 is 10.4 Å². The lowest BCUT2D eigenvalue weighted by Crippen LogP contribution is -2.52. The highest BCUT2D eigenvalue weighted by atomic mass is 16.6. The van der Waals surface area contributed by atoms with E-state index in [0.29, 0.717) is 16.7 Å². The summed E-state index contributed by atoms with van der Waals surface area (Å²) >= 11 is 0. The summed E-state index contributed by atoms with van der Waals surface area (Å²) in [6.07, 6.45) is -1.60. The van der Waals surface area contributed by atoms with Crippen LogP contribution in [0.15, 0.2) is 33.5 Å². The SMILES string of the molecule is CC(C)(C)CC(=O)O[C@H]1c2c(ccc3ccc(=O)oc23)OC(C)(C)[C@H]1OC(=O)CC(C)(C)C. The molecular weight excluding hydrogens is 424 g/mol. The number of rotatable bonds is 4. The highest BCUT2D eigenvalue weighted by Crippen LogP contribution is 2.47. The zero-order valence-electron chi connectivity index (χ0n) is 20.7. The molecule has 0 fully saturated rings. The molecule has 1 aliphatic rings.